The van der Waals surface area contributed by atoms with Gasteiger partial charge in [0, 0.05) is 19.2 Å². The summed E-state index contributed by atoms with van der Waals surface area (Å²) in [7, 11) is 1.68. The fourth-order valence-electron chi connectivity index (χ4n) is 2.62. The molecule has 1 aromatic carbocycles. The van der Waals surface area contributed by atoms with E-state index in [1.54, 1.807) is 7.11 Å². The number of ether oxygens (including phenoxy) is 1. The molecule has 0 spiro atoms. The summed E-state index contributed by atoms with van der Waals surface area (Å²) in [4.78, 5) is 11.8. The third-order valence-electron chi connectivity index (χ3n) is 3.67. The van der Waals surface area contributed by atoms with Gasteiger partial charge in [0.15, 0.2) is 0 Å². The molecule has 1 aromatic rings. The lowest BCUT2D eigenvalue weighted by Gasteiger charge is -2.39. The third-order valence-corrected chi connectivity index (χ3v) is 3.67. The Hall–Kier alpha value is -1.55. The number of methoxy groups -OCH3 is 1. The van der Waals surface area contributed by atoms with Crippen molar-refractivity contribution in [3.63, 3.8) is 0 Å². The van der Waals surface area contributed by atoms with Crippen LogP contribution in [-0.4, -0.2) is 24.7 Å². The normalized spacial score (nSPS) is 27.7. The van der Waals surface area contributed by atoms with Crippen LogP contribution in [0.2, 0.25) is 0 Å². The molecule has 1 aliphatic carbocycles. The standard InChI is InChI=1S/C14H20N2O2/c1-18-12-8-5-9-14(10-12,13(15)17)16-11-6-3-2-4-7-11/h2-4,6-7,12,16H,5,8-10H2,1H3,(H2,15,17). The van der Waals surface area contributed by atoms with Gasteiger partial charge in [-0.05, 0) is 31.4 Å². The molecular weight excluding hydrogens is 228 g/mol. The van der Waals surface area contributed by atoms with Gasteiger partial charge in [-0.2, -0.15) is 0 Å². The van der Waals surface area contributed by atoms with Crippen molar-refractivity contribution in [2.24, 2.45) is 5.73 Å². The van der Waals surface area contributed by atoms with Crippen LogP contribution < -0.4 is 11.1 Å². The summed E-state index contributed by atoms with van der Waals surface area (Å²) in [6.07, 6.45) is 3.43. The molecule has 1 saturated carbocycles. The van der Waals surface area contributed by atoms with E-state index in [0.717, 1.165) is 24.9 Å². The molecule has 3 N–H and O–H groups in total. The van der Waals surface area contributed by atoms with Gasteiger partial charge in [-0.3, -0.25) is 4.79 Å². The number of rotatable bonds is 4. The first-order chi connectivity index (χ1) is 8.66. The van der Waals surface area contributed by atoms with Gasteiger partial charge in [0.1, 0.15) is 5.54 Å². The maximum atomic E-state index is 11.8. The molecule has 1 amide bonds. The third kappa shape index (κ3) is 2.64. The molecule has 0 aliphatic heterocycles. The van der Waals surface area contributed by atoms with Crippen LogP contribution in [0.5, 0.6) is 0 Å². The van der Waals surface area contributed by atoms with Crippen LogP contribution in [0.1, 0.15) is 25.7 Å². The molecule has 2 atom stereocenters. The van der Waals surface area contributed by atoms with E-state index in [4.69, 9.17) is 10.5 Å². The van der Waals surface area contributed by atoms with E-state index >= 15 is 0 Å². The van der Waals surface area contributed by atoms with Gasteiger partial charge in [0.25, 0.3) is 0 Å². The zero-order valence-electron chi connectivity index (χ0n) is 10.7. The Morgan fingerprint density at radius 1 is 1.44 bits per heavy atom. The second kappa shape index (κ2) is 5.40. The van der Waals surface area contributed by atoms with E-state index in [1.165, 1.54) is 0 Å². The molecule has 18 heavy (non-hydrogen) atoms. The fourth-order valence-corrected chi connectivity index (χ4v) is 2.62. The van der Waals surface area contributed by atoms with Crippen molar-refractivity contribution in [3.05, 3.63) is 30.3 Å². The van der Waals surface area contributed by atoms with Crippen LogP contribution in [0, 0.1) is 0 Å². The van der Waals surface area contributed by atoms with Crippen molar-refractivity contribution in [2.75, 3.05) is 12.4 Å². The van der Waals surface area contributed by atoms with Gasteiger partial charge in [0.2, 0.25) is 5.91 Å². The lowest BCUT2D eigenvalue weighted by molar-refractivity contribution is -0.125. The van der Waals surface area contributed by atoms with Crippen LogP contribution in [0.25, 0.3) is 0 Å². The van der Waals surface area contributed by atoms with Crippen molar-refractivity contribution < 1.29 is 9.53 Å². The number of anilines is 1. The van der Waals surface area contributed by atoms with Crippen molar-refractivity contribution in [1.82, 2.24) is 0 Å². The molecule has 0 radical (unpaired) electrons. The predicted octanol–water partition coefficient (Wildman–Crippen LogP) is 1.91. The zero-order chi connectivity index (χ0) is 13.0. The minimum atomic E-state index is -0.680. The number of primary amides is 1. The first kappa shape index (κ1) is 12.9. The maximum Gasteiger partial charge on any atom is 0.243 e. The number of carbonyl (C=O) groups is 1. The van der Waals surface area contributed by atoms with Crippen molar-refractivity contribution in [3.8, 4) is 0 Å². The van der Waals surface area contributed by atoms with Gasteiger partial charge in [0.05, 0.1) is 6.10 Å². The number of nitrogens with two attached hydrogens (primary N) is 1. The number of benzene rings is 1. The van der Waals surface area contributed by atoms with Crippen LogP contribution in [-0.2, 0) is 9.53 Å². The molecule has 0 bridgehead atoms. The Morgan fingerprint density at radius 2 is 2.17 bits per heavy atom. The van der Waals surface area contributed by atoms with Gasteiger partial charge < -0.3 is 15.8 Å². The van der Waals surface area contributed by atoms with E-state index in [-0.39, 0.29) is 12.0 Å². The average molecular weight is 248 g/mol. The highest BCUT2D eigenvalue weighted by Crippen LogP contribution is 2.32. The van der Waals surface area contributed by atoms with Gasteiger partial charge in [-0.25, -0.2) is 0 Å². The molecule has 2 rings (SSSR count). The predicted molar refractivity (Wildman–Crippen MR) is 71.3 cm³/mol. The molecule has 98 valence electrons. The van der Waals surface area contributed by atoms with Crippen molar-refractivity contribution in [2.45, 2.75) is 37.3 Å². The SMILES string of the molecule is COC1CCCC(Nc2ccccc2)(C(N)=O)C1. The van der Waals surface area contributed by atoms with Crippen LogP contribution >= 0.6 is 0 Å². The lowest BCUT2D eigenvalue weighted by atomic mass is 9.79. The molecule has 1 fully saturated rings. The molecule has 1 aliphatic rings. The minimum Gasteiger partial charge on any atom is -0.381 e. The van der Waals surface area contributed by atoms with Crippen molar-refractivity contribution >= 4 is 11.6 Å². The lowest BCUT2D eigenvalue weighted by Crippen LogP contribution is -2.54. The molecule has 4 heteroatoms. The Labute approximate surface area is 108 Å². The van der Waals surface area contributed by atoms with Gasteiger partial charge >= 0.3 is 0 Å². The zero-order valence-corrected chi connectivity index (χ0v) is 10.7. The summed E-state index contributed by atoms with van der Waals surface area (Å²) in [5.74, 6) is -0.298. The average Bonchev–Trinajstić information content (AvgIpc) is 2.40. The molecule has 0 saturated heterocycles. The van der Waals surface area contributed by atoms with Gasteiger partial charge in [-0.15, -0.1) is 0 Å². The first-order valence-corrected chi connectivity index (χ1v) is 6.32. The second-order valence-electron chi connectivity index (χ2n) is 4.89. The highest BCUT2D eigenvalue weighted by atomic mass is 16.5. The Morgan fingerprint density at radius 3 is 2.78 bits per heavy atom. The van der Waals surface area contributed by atoms with E-state index in [2.05, 4.69) is 5.32 Å². The van der Waals surface area contributed by atoms with E-state index in [0.29, 0.717) is 6.42 Å². The summed E-state index contributed by atoms with van der Waals surface area (Å²) in [5, 5.41) is 3.30. The van der Waals surface area contributed by atoms with E-state index in [1.807, 2.05) is 30.3 Å². The van der Waals surface area contributed by atoms with E-state index < -0.39 is 5.54 Å². The monoisotopic (exact) mass is 248 g/mol. The highest BCUT2D eigenvalue weighted by molar-refractivity contribution is 5.88. The maximum absolute atomic E-state index is 11.8. The molecule has 4 nitrogen and oxygen atoms in total. The molecular formula is C14H20N2O2. The van der Waals surface area contributed by atoms with Crippen molar-refractivity contribution in [1.29, 1.82) is 0 Å². The Kier molecular flexibility index (Phi) is 3.87. The fraction of sp³-hybridized carbons (Fsp3) is 0.500. The smallest absolute Gasteiger partial charge is 0.243 e. The van der Waals surface area contributed by atoms with Gasteiger partial charge in [-0.1, -0.05) is 18.2 Å². The number of carbonyl (C=O) groups excluding carboxylic acids is 1. The Balaban J connectivity index is 2.19. The van der Waals surface area contributed by atoms with Crippen LogP contribution in [0.3, 0.4) is 0 Å². The largest absolute Gasteiger partial charge is 0.381 e. The summed E-state index contributed by atoms with van der Waals surface area (Å²) >= 11 is 0. The number of nitrogens with one attached hydrogen (secondary N) is 1. The highest BCUT2D eigenvalue weighted by Gasteiger charge is 2.41. The number of hydrogen-bond donors (Lipinski definition) is 2. The first-order valence-electron chi connectivity index (χ1n) is 6.32. The second-order valence-corrected chi connectivity index (χ2v) is 4.89. The summed E-state index contributed by atoms with van der Waals surface area (Å²) in [6.45, 7) is 0. The topological polar surface area (TPSA) is 64.3 Å². The molecule has 0 aromatic heterocycles. The Bertz CT molecular complexity index is 408. The quantitative estimate of drug-likeness (QED) is 0.855. The summed E-state index contributed by atoms with van der Waals surface area (Å²) in [5.41, 5.74) is 5.85. The number of hydrogen-bond acceptors (Lipinski definition) is 3. The van der Waals surface area contributed by atoms with Crippen LogP contribution in [0.15, 0.2) is 30.3 Å². The number of para-hydroxylation sites is 1. The minimum absolute atomic E-state index is 0.0995. The van der Waals surface area contributed by atoms with Crippen LogP contribution in [0.4, 0.5) is 5.69 Å². The number of amides is 1. The molecule has 0 heterocycles. The van der Waals surface area contributed by atoms with E-state index in [9.17, 15) is 4.79 Å². The summed E-state index contributed by atoms with van der Waals surface area (Å²) < 4.78 is 5.39. The summed E-state index contributed by atoms with van der Waals surface area (Å²) in [6, 6.07) is 9.71. The molecule has 2 unspecified atom stereocenters.